The molecular formula is C20H23BrN6O2. The minimum atomic E-state index is 0.444. The van der Waals surface area contributed by atoms with Gasteiger partial charge in [0.1, 0.15) is 10.4 Å². The van der Waals surface area contributed by atoms with Crippen molar-refractivity contribution in [2.75, 3.05) is 56.7 Å². The molecule has 1 aromatic carbocycles. The molecule has 0 aliphatic carbocycles. The molecule has 2 aromatic heterocycles. The van der Waals surface area contributed by atoms with Crippen molar-refractivity contribution in [1.82, 2.24) is 19.3 Å². The number of nitrogens with one attached hydrogen (secondary N) is 1. The second-order valence-electron chi connectivity index (χ2n) is 7.29. The van der Waals surface area contributed by atoms with E-state index in [-0.39, 0.29) is 0 Å². The molecule has 2 saturated heterocycles. The molecule has 2 aliphatic rings. The van der Waals surface area contributed by atoms with E-state index >= 15 is 0 Å². The van der Waals surface area contributed by atoms with Crippen LogP contribution in [0.4, 0.5) is 17.2 Å². The molecule has 0 bridgehead atoms. The molecular weight excluding hydrogens is 436 g/mol. The van der Waals surface area contributed by atoms with E-state index in [0.29, 0.717) is 11.9 Å². The number of piperazine rings is 1. The Labute approximate surface area is 177 Å². The van der Waals surface area contributed by atoms with Gasteiger partial charge >= 0.3 is 0 Å². The number of fused-ring (bicyclic) bond motifs is 2. The van der Waals surface area contributed by atoms with Crippen LogP contribution in [0.1, 0.15) is 0 Å². The third-order valence-electron chi connectivity index (χ3n) is 5.57. The summed E-state index contributed by atoms with van der Waals surface area (Å²) >= 11 is 3.46. The van der Waals surface area contributed by atoms with Crippen molar-refractivity contribution in [2.24, 2.45) is 0 Å². The summed E-state index contributed by atoms with van der Waals surface area (Å²) in [6.07, 6.45) is 5.53. The predicted molar refractivity (Wildman–Crippen MR) is 115 cm³/mol. The van der Waals surface area contributed by atoms with Crippen molar-refractivity contribution >= 4 is 38.8 Å². The van der Waals surface area contributed by atoms with E-state index in [1.54, 1.807) is 13.3 Å². The lowest BCUT2D eigenvalue weighted by Gasteiger charge is -2.44. The number of nitrogens with zero attached hydrogens (tertiary/aromatic N) is 5. The van der Waals surface area contributed by atoms with Crippen molar-refractivity contribution < 1.29 is 9.47 Å². The standard InChI is InChI=1S/C20H23BrN6O2/c1-28-17-10-14(23-19-20-22-4-5-27(20)12-18(21)24-19)2-3-16(17)26-7-6-25-8-9-29-13-15(25)11-26/h2-5,10,12,15H,6-9,11,13H2,1H3,(H,23,24)/t15-/m0/s1. The molecule has 0 amide bonds. The highest BCUT2D eigenvalue weighted by Gasteiger charge is 2.30. The van der Waals surface area contributed by atoms with E-state index in [9.17, 15) is 0 Å². The summed E-state index contributed by atoms with van der Waals surface area (Å²) in [5.41, 5.74) is 2.78. The fourth-order valence-electron chi connectivity index (χ4n) is 4.10. The maximum atomic E-state index is 5.73. The molecule has 0 unspecified atom stereocenters. The lowest BCUT2D eigenvalue weighted by Crippen LogP contribution is -2.58. The maximum Gasteiger partial charge on any atom is 0.180 e. The van der Waals surface area contributed by atoms with E-state index in [1.165, 1.54) is 0 Å². The number of rotatable bonds is 4. The summed E-state index contributed by atoms with van der Waals surface area (Å²) in [6.45, 7) is 5.66. The van der Waals surface area contributed by atoms with Crippen LogP contribution in [0.15, 0.2) is 41.4 Å². The SMILES string of the molecule is COc1cc(Nc2nc(Br)cn3ccnc23)ccc1N1CCN2CCOC[C@@H]2C1. The van der Waals surface area contributed by atoms with E-state index in [4.69, 9.17) is 9.47 Å². The summed E-state index contributed by atoms with van der Waals surface area (Å²) in [4.78, 5) is 13.8. The number of imidazole rings is 1. The van der Waals surface area contributed by atoms with Gasteiger partial charge in [0.2, 0.25) is 0 Å². The van der Waals surface area contributed by atoms with Gasteiger partial charge in [-0.15, -0.1) is 0 Å². The molecule has 1 atom stereocenters. The molecule has 152 valence electrons. The van der Waals surface area contributed by atoms with Gasteiger partial charge in [-0.3, -0.25) is 4.90 Å². The van der Waals surface area contributed by atoms with Crippen molar-refractivity contribution in [3.63, 3.8) is 0 Å². The number of halogens is 1. The van der Waals surface area contributed by atoms with Gasteiger partial charge in [-0.2, -0.15) is 0 Å². The molecule has 3 aromatic rings. The quantitative estimate of drug-likeness (QED) is 0.644. The van der Waals surface area contributed by atoms with Crippen LogP contribution in [0.5, 0.6) is 5.75 Å². The Morgan fingerprint density at radius 3 is 3.10 bits per heavy atom. The minimum absolute atomic E-state index is 0.444. The average Bonchev–Trinajstić information content (AvgIpc) is 3.22. The third kappa shape index (κ3) is 3.65. The summed E-state index contributed by atoms with van der Waals surface area (Å²) in [7, 11) is 1.72. The maximum absolute atomic E-state index is 5.73. The van der Waals surface area contributed by atoms with Gasteiger partial charge in [-0.25, -0.2) is 9.97 Å². The van der Waals surface area contributed by atoms with Crippen LogP contribution in [-0.2, 0) is 4.74 Å². The summed E-state index contributed by atoms with van der Waals surface area (Å²) in [6, 6.07) is 6.63. The van der Waals surface area contributed by atoms with Gasteiger partial charge in [0.15, 0.2) is 11.5 Å². The average molecular weight is 459 g/mol. The van der Waals surface area contributed by atoms with Crippen LogP contribution >= 0.6 is 15.9 Å². The second kappa shape index (κ2) is 7.81. The zero-order valence-electron chi connectivity index (χ0n) is 16.2. The lowest BCUT2D eigenvalue weighted by molar-refractivity contribution is -0.0117. The first-order valence-electron chi connectivity index (χ1n) is 9.72. The first kappa shape index (κ1) is 18.7. The van der Waals surface area contributed by atoms with E-state index in [1.807, 2.05) is 22.9 Å². The normalized spacial score (nSPS) is 19.9. The smallest absolute Gasteiger partial charge is 0.180 e. The van der Waals surface area contributed by atoms with Gasteiger partial charge in [0.25, 0.3) is 0 Å². The number of morpholine rings is 1. The molecule has 2 aliphatic heterocycles. The van der Waals surface area contributed by atoms with Crippen molar-refractivity contribution in [3.05, 3.63) is 41.4 Å². The first-order chi connectivity index (χ1) is 14.2. The molecule has 9 heteroatoms. The Hall–Kier alpha value is -2.36. The number of methoxy groups -OCH3 is 1. The van der Waals surface area contributed by atoms with Crippen LogP contribution in [0.25, 0.3) is 5.65 Å². The van der Waals surface area contributed by atoms with Gasteiger partial charge in [-0.05, 0) is 28.1 Å². The highest BCUT2D eigenvalue weighted by Crippen LogP contribution is 2.34. The number of benzene rings is 1. The Morgan fingerprint density at radius 2 is 2.21 bits per heavy atom. The van der Waals surface area contributed by atoms with Crippen LogP contribution < -0.4 is 15.0 Å². The summed E-state index contributed by atoms with van der Waals surface area (Å²) in [5.74, 6) is 1.53. The number of ether oxygens (including phenoxy) is 2. The van der Waals surface area contributed by atoms with Crippen LogP contribution in [-0.4, -0.2) is 71.8 Å². The number of hydrogen-bond acceptors (Lipinski definition) is 7. The minimum Gasteiger partial charge on any atom is -0.495 e. The fraction of sp³-hybridized carbons (Fsp3) is 0.400. The van der Waals surface area contributed by atoms with E-state index in [2.05, 4.69) is 53.1 Å². The molecule has 2 fully saturated rings. The predicted octanol–water partition coefficient (Wildman–Crippen LogP) is 2.76. The molecule has 0 saturated carbocycles. The van der Waals surface area contributed by atoms with Crippen molar-refractivity contribution in [1.29, 1.82) is 0 Å². The third-order valence-corrected chi connectivity index (χ3v) is 5.95. The van der Waals surface area contributed by atoms with E-state index in [0.717, 1.165) is 66.8 Å². The molecule has 0 radical (unpaired) electrons. The monoisotopic (exact) mass is 458 g/mol. The van der Waals surface area contributed by atoms with Crippen molar-refractivity contribution in [3.8, 4) is 5.75 Å². The van der Waals surface area contributed by atoms with Crippen LogP contribution in [0.3, 0.4) is 0 Å². The molecule has 4 heterocycles. The zero-order valence-corrected chi connectivity index (χ0v) is 17.8. The second-order valence-corrected chi connectivity index (χ2v) is 8.11. The largest absolute Gasteiger partial charge is 0.495 e. The van der Waals surface area contributed by atoms with Gasteiger partial charge in [0, 0.05) is 56.5 Å². The van der Waals surface area contributed by atoms with Gasteiger partial charge < -0.3 is 24.1 Å². The molecule has 29 heavy (non-hydrogen) atoms. The van der Waals surface area contributed by atoms with E-state index < -0.39 is 0 Å². The van der Waals surface area contributed by atoms with Gasteiger partial charge in [0.05, 0.1) is 32.1 Å². The number of hydrogen-bond donors (Lipinski definition) is 1. The number of aromatic nitrogens is 3. The molecule has 0 spiro atoms. The van der Waals surface area contributed by atoms with Crippen LogP contribution in [0, 0.1) is 0 Å². The van der Waals surface area contributed by atoms with Gasteiger partial charge in [-0.1, -0.05) is 0 Å². The summed E-state index contributed by atoms with van der Waals surface area (Å²) in [5, 5.41) is 3.37. The topological polar surface area (TPSA) is 67.2 Å². The molecule has 1 N–H and O–H groups in total. The Balaban J connectivity index is 1.40. The fourth-order valence-corrected chi connectivity index (χ4v) is 4.50. The Morgan fingerprint density at radius 1 is 1.28 bits per heavy atom. The lowest BCUT2D eigenvalue weighted by atomic mass is 10.1. The Kier molecular flexibility index (Phi) is 5.03. The summed E-state index contributed by atoms with van der Waals surface area (Å²) < 4.78 is 14.1. The van der Waals surface area contributed by atoms with Crippen molar-refractivity contribution in [2.45, 2.75) is 6.04 Å². The molecule has 5 rings (SSSR count). The Bertz CT molecular complexity index is 1030. The molecule has 8 nitrogen and oxygen atoms in total. The highest BCUT2D eigenvalue weighted by molar-refractivity contribution is 9.10. The zero-order chi connectivity index (χ0) is 19.8. The first-order valence-corrected chi connectivity index (χ1v) is 10.5. The number of anilines is 3. The highest BCUT2D eigenvalue weighted by atomic mass is 79.9. The van der Waals surface area contributed by atoms with Crippen LogP contribution in [0.2, 0.25) is 0 Å².